The van der Waals surface area contributed by atoms with E-state index in [4.69, 9.17) is 10.9 Å². The normalized spacial score (nSPS) is 13.6. The molecule has 0 saturated carbocycles. The Bertz CT molecular complexity index is 339. The van der Waals surface area contributed by atoms with Crippen LogP contribution in [0.1, 0.15) is 33.6 Å². The topological polar surface area (TPSA) is 96.0 Å². The standard InChI is InChI=1S/C10H23N3O3S/c1-4-13(7-5-10(11)12-14)17(15,16)8-6-9(2)3/h9,14H,4-8H2,1-3H3,(H2,11,12). The molecule has 0 aliphatic carbocycles. The van der Waals surface area contributed by atoms with Crippen molar-refractivity contribution in [2.24, 2.45) is 16.8 Å². The fourth-order valence-corrected chi connectivity index (χ4v) is 3.09. The van der Waals surface area contributed by atoms with Crippen molar-refractivity contribution in [2.75, 3.05) is 18.8 Å². The molecule has 102 valence electrons. The molecule has 0 atom stereocenters. The Hall–Kier alpha value is -0.820. The van der Waals surface area contributed by atoms with Gasteiger partial charge in [0.15, 0.2) is 0 Å². The molecule has 0 spiro atoms. The van der Waals surface area contributed by atoms with Crippen molar-refractivity contribution in [3.8, 4) is 0 Å². The maximum absolute atomic E-state index is 11.9. The van der Waals surface area contributed by atoms with Crippen molar-refractivity contribution in [3.63, 3.8) is 0 Å². The van der Waals surface area contributed by atoms with E-state index in [2.05, 4.69) is 5.16 Å². The zero-order valence-corrected chi connectivity index (χ0v) is 11.6. The summed E-state index contributed by atoms with van der Waals surface area (Å²) in [6.45, 7) is 6.41. The van der Waals surface area contributed by atoms with Crippen LogP contribution in [0, 0.1) is 5.92 Å². The molecule has 0 bridgehead atoms. The number of hydrogen-bond donors (Lipinski definition) is 2. The Morgan fingerprint density at radius 2 is 2.06 bits per heavy atom. The Morgan fingerprint density at radius 3 is 2.47 bits per heavy atom. The van der Waals surface area contributed by atoms with Crippen molar-refractivity contribution in [1.29, 1.82) is 0 Å². The van der Waals surface area contributed by atoms with E-state index in [0.29, 0.717) is 18.9 Å². The summed E-state index contributed by atoms with van der Waals surface area (Å²) in [6.07, 6.45) is 0.883. The van der Waals surface area contributed by atoms with Crippen LogP contribution in [0.15, 0.2) is 5.16 Å². The van der Waals surface area contributed by atoms with Crippen LogP contribution < -0.4 is 5.73 Å². The highest BCUT2D eigenvalue weighted by atomic mass is 32.2. The Labute approximate surface area is 104 Å². The predicted molar refractivity (Wildman–Crippen MR) is 68.5 cm³/mol. The fourth-order valence-electron chi connectivity index (χ4n) is 1.30. The molecule has 0 unspecified atom stereocenters. The minimum atomic E-state index is -3.23. The summed E-state index contributed by atoms with van der Waals surface area (Å²) < 4.78 is 25.3. The largest absolute Gasteiger partial charge is 0.409 e. The maximum Gasteiger partial charge on any atom is 0.214 e. The number of hydrogen-bond acceptors (Lipinski definition) is 4. The maximum atomic E-state index is 11.9. The van der Waals surface area contributed by atoms with Gasteiger partial charge >= 0.3 is 0 Å². The first-order valence-electron chi connectivity index (χ1n) is 5.77. The third kappa shape index (κ3) is 6.48. The van der Waals surface area contributed by atoms with E-state index >= 15 is 0 Å². The summed E-state index contributed by atoms with van der Waals surface area (Å²) in [5.74, 6) is 0.546. The van der Waals surface area contributed by atoms with Crippen LogP contribution in [0.2, 0.25) is 0 Å². The van der Waals surface area contributed by atoms with E-state index < -0.39 is 10.0 Å². The number of nitrogens with two attached hydrogens (primary N) is 1. The van der Waals surface area contributed by atoms with E-state index in [9.17, 15) is 8.42 Å². The number of amidine groups is 1. The molecule has 0 aromatic heterocycles. The van der Waals surface area contributed by atoms with Gasteiger partial charge in [-0.3, -0.25) is 0 Å². The number of oxime groups is 1. The second-order valence-electron chi connectivity index (χ2n) is 4.33. The quantitative estimate of drug-likeness (QED) is 0.294. The van der Waals surface area contributed by atoms with Gasteiger partial charge in [-0.05, 0) is 12.3 Å². The first kappa shape index (κ1) is 16.2. The lowest BCUT2D eigenvalue weighted by molar-refractivity contribution is 0.315. The third-order valence-electron chi connectivity index (χ3n) is 2.45. The van der Waals surface area contributed by atoms with Gasteiger partial charge in [0.25, 0.3) is 0 Å². The minimum Gasteiger partial charge on any atom is -0.409 e. The lowest BCUT2D eigenvalue weighted by atomic mass is 10.2. The van der Waals surface area contributed by atoms with Crippen LogP contribution in [-0.4, -0.2) is 42.6 Å². The molecule has 0 aliphatic heterocycles. The Kier molecular flexibility index (Phi) is 7.13. The van der Waals surface area contributed by atoms with Crippen LogP contribution in [0.5, 0.6) is 0 Å². The molecule has 0 heterocycles. The SMILES string of the molecule is CCN(CCC(N)=NO)S(=O)(=O)CCC(C)C. The average molecular weight is 265 g/mol. The molecule has 17 heavy (non-hydrogen) atoms. The number of sulfonamides is 1. The van der Waals surface area contributed by atoms with Crippen molar-refractivity contribution < 1.29 is 13.6 Å². The van der Waals surface area contributed by atoms with Gasteiger partial charge in [0, 0.05) is 19.5 Å². The zero-order chi connectivity index (χ0) is 13.5. The molecule has 0 amide bonds. The molecule has 0 rings (SSSR count). The van der Waals surface area contributed by atoms with Gasteiger partial charge in [-0.15, -0.1) is 0 Å². The van der Waals surface area contributed by atoms with E-state index in [1.165, 1.54) is 4.31 Å². The van der Waals surface area contributed by atoms with Crippen molar-refractivity contribution in [3.05, 3.63) is 0 Å². The molecule has 0 aliphatic rings. The van der Waals surface area contributed by atoms with Crippen molar-refractivity contribution in [1.82, 2.24) is 4.31 Å². The van der Waals surface area contributed by atoms with Crippen LogP contribution in [0.3, 0.4) is 0 Å². The first-order valence-corrected chi connectivity index (χ1v) is 7.38. The highest BCUT2D eigenvalue weighted by molar-refractivity contribution is 7.89. The smallest absolute Gasteiger partial charge is 0.214 e. The predicted octanol–water partition coefficient (Wildman–Crippen LogP) is 0.821. The summed E-state index contributed by atoms with van der Waals surface area (Å²) >= 11 is 0. The highest BCUT2D eigenvalue weighted by Gasteiger charge is 2.20. The summed E-state index contributed by atoms with van der Waals surface area (Å²) in [4.78, 5) is 0. The van der Waals surface area contributed by atoms with Gasteiger partial charge in [-0.2, -0.15) is 0 Å². The summed E-state index contributed by atoms with van der Waals surface area (Å²) in [6, 6.07) is 0. The van der Waals surface area contributed by atoms with Crippen LogP contribution in [0.25, 0.3) is 0 Å². The molecule has 7 heteroatoms. The number of nitrogens with zero attached hydrogens (tertiary/aromatic N) is 2. The van der Waals surface area contributed by atoms with E-state index in [0.717, 1.165) is 0 Å². The third-order valence-corrected chi connectivity index (χ3v) is 4.42. The van der Waals surface area contributed by atoms with E-state index in [1.54, 1.807) is 6.92 Å². The molecule has 6 nitrogen and oxygen atoms in total. The van der Waals surface area contributed by atoms with Gasteiger partial charge < -0.3 is 10.9 Å². The molecular formula is C10H23N3O3S. The minimum absolute atomic E-state index is 0.0440. The highest BCUT2D eigenvalue weighted by Crippen LogP contribution is 2.08. The Morgan fingerprint density at radius 1 is 1.47 bits per heavy atom. The lowest BCUT2D eigenvalue weighted by Crippen LogP contribution is -2.35. The zero-order valence-electron chi connectivity index (χ0n) is 10.8. The summed E-state index contributed by atoms with van der Waals surface area (Å²) in [5.41, 5.74) is 5.32. The van der Waals surface area contributed by atoms with Crippen molar-refractivity contribution in [2.45, 2.75) is 33.6 Å². The second kappa shape index (κ2) is 7.50. The van der Waals surface area contributed by atoms with Gasteiger partial charge in [0.2, 0.25) is 10.0 Å². The van der Waals surface area contributed by atoms with Crippen LogP contribution >= 0.6 is 0 Å². The Balaban J connectivity index is 4.42. The number of rotatable bonds is 8. The van der Waals surface area contributed by atoms with Gasteiger partial charge in [0.1, 0.15) is 5.84 Å². The first-order chi connectivity index (χ1) is 7.83. The summed E-state index contributed by atoms with van der Waals surface area (Å²) in [7, 11) is -3.23. The van der Waals surface area contributed by atoms with Gasteiger partial charge in [0.05, 0.1) is 5.75 Å². The fraction of sp³-hybridized carbons (Fsp3) is 0.900. The van der Waals surface area contributed by atoms with Crippen molar-refractivity contribution >= 4 is 15.9 Å². The second-order valence-corrected chi connectivity index (χ2v) is 6.42. The molecule has 0 aromatic carbocycles. The van der Waals surface area contributed by atoms with Crippen LogP contribution in [0.4, 0.5) is 0 Å². The summed E-state index contributed by atoms with van der Waals surface area (Å²) in [5, 5.41) is 11.2. The monoisotopic (exact) mass is 265 g/mol. The molecule has 0 fully saturated rings. The molecule has 3 N–H and O–H groups in total. The van der Waals surface area contributed by atoms with E-state index in [-0.39, 0.29) is 24.6 Å². The van der Waals surface area contributed by atoms with Gasteiger partial charge in [-0.25, -0.2) is 12.7 Å². The van der Waals surface area contributed by atoms with E-state index in [1.807, 2.05) is 13.8 Å². The van der Waals surface area contributed by atoms with Gasteiger partial charge in [-0.1, -0.05) is 25.9 Å². The molecule has 0 radical (unpaired) electrons. The molecule has 0 saturated heterocycles. The average Bonchev–Trinajstić information content (AvgIpc) is 2.26. The lowest BCUT2D eigenvalue weighted by Gasteiger charge is -2.20. The van der Waals surface area contributed by atoms with Crippen LogP contribution in [-0.2, 0) is 10.0 Å². The molecule has 0 aromatic rings. The molecular weight excluding hydrogens is 242 g/mol.